The van der Waals surface area contributed by atoms with Gasteiger partial charge in [-0.3, -0.25) is 9.10 Å². The van der Waals surface area contributed by atoms with E-state index in [2.05, 4.69) is 5.32 Å². The first-order valence-corrected chi connectivity index (χ1v) is 11.3. The van der Waals surface area contributed by atoms with E-state index in [4.69, 9.17) is 14.2 Å². The van der Waals surface area contributed by atoms with Gasteiger partial charge in [0.25, 0.3) is 0 Å². The van der Waals surface area contributed by atoms with E-state index in [1.807, 2.05) is 0 Å². The van der Waals surface area contributed by atoms with E-state index in [0.717, 1.165) is 0 Å². The maximum absolute atomic E-state index is 12.5. The van der Waals surface area contributed by atoms with Gasteiger partial charge in [0.2, 0.25) is 15.9 Å². The third kappa shape index (κ3) is 3.90. The van der Waals surface area contributed by atoms with E-state index < -0.39 is 22.1 Å². The van der Waals surface area contributed by atoms with Crippen molar-refractivity contribution in [1.82, 2.24) is 0 Å². The van der Waals surface area contributed by atoms with Gasteiger partial charge < -0.3 is 19.5 Å². The van der Waals surface area contributed by atoms with Gasteiger partial charge in [-0.15, -0.1) is 0 Å². The molecule has 1 atom stereocenters. The Kier molecular flexibility index (Phi) is 5.48. The molecular formula is C21H22N2O7S. The molecule has 1 amide bonds. The van der Waals surface area contributed by atoms with Gasteiger partial charge in [0.1, 0.15) is 11.7 Å². The Hall–Kier alpha value is -3.27. The lowest BCUT2D eigenvalue weighted by atomic mass is 10.0. The number of nitrogens with one attached hydrogen (secondary N) is 1. The number of anilines is 2. The minimum absolute atomic E-state index is 0.0729. The van der Waals surface area contributed by atoms with Crippen LogP contribution in [0.2, 0.25) is 0 Å². The maximum Gasteiger partial charge on any atom is 0.343 e. The van der Waals surface area contributed by atoms with Crippen LogP contribution >= 0.6 is 0 Å². The average molecular weight is 446 g/mol. The number of hydrogen-bond donors (Lipinski definition) is 1. The number of benzene rings is 2. The zero-order chi connectivity index (χ0) is 22.2. The van der Waals surface area contributed by atoms with Crippen LogP contribution in [-0.4, -0.2) is 46.8 Å². The third-order valence-electron chi connectivity index (χ3n) is 5.29. The number of amides is 1. The van der Waals surface area contributed by atoms with Gasteiger partial charge in [0, 0.05) is 17.8 Å². The van der Waals surface area contributed by atoms with Gasteiger partial charge >= 0.3 is 5.97 Å². The Labute approximate surface area is 179 Å². The highest BCUT2D eigenvalue weighted by Crippen LogP contribution is 2.43. The summed E-state index contributed by atoms with van der Waals surface area (Å²) in [5.41, 5.74) is 1.90. The largest absolute Gasteiger partial charge is 0.493 e. The molecule has 1 N–H and O–H groups in total. The van der Waals surface area contributed by atoms with Crippen LogP contribution in [0, 0.1) is 0 Å². The second-order valence-corrected chi connectivity index (χ2v) is 9.21. The number of ether oxygens (including phenoxy) is 3. The number of esters is 1. The van der Waals surface area contributed by atoms with Crippen LogP contribution in [0.25, 0.3) is 0 Å². The molecule has 1 fully saturated rings. The Morgan fingerprint density at radius 2 is 1.90 bits per heavy atom. The monoisotopic (exact) mass is 446 g/mol. The quantitative estimate of drug-likeness (QED) is 0.679. The summed E-state index contributed by atoms with van der Waals surface area (Å²) in [5.74, 6) is -0.0885. The Morgan fingerprint density at radius 3 is 2.52 bits per heavy atom. The third-order valence-corrected chi connectivity index (χ3v) is 7.16. The van der Waals surface area contributed by atoms with Crippen LogP contribution in [0.15, 0.2) is 36.4 Å². The zero-order valence-electron chi connectivity index (χ0n) is 17.1. The fraction of sp³-hybridized carbons (Fsp3) is 0.333. The molecule has 2 aromatic rings. The molecule has 31 heavy (non-hydrogen) atoms. The first kappa shape index (κ1) is 21.0. The number of nitrogens with zero attached hydrogens (tertiary/aromatic N) is 1. The number of rotatable bonds is 6. The smallest absolute Gasteiger partial charge is 0.343 e. The fourth-order valence-electron chi connectivity index (χ4n) is 3.85. The predicted molar refractivity (Wildman–Crippen MR) is 113 cm³/mol. The maximum atomic E-state index is 12.5. The van der Waals surface area contributed by atoms with Crippen LogP contribution in [0.1, 0.15) is 34.9 Å². The highest BCUT2D eigenvalue weighted by molar-refractivity contribution is 7.93. The first-order chi connectivity index (χ1) is 14.8. The minimum Gasteiger partial charge on any atom is -0.493 e. The second kappa shape index (κ2) is 8.10. The molecule has 0 aromatic heterocycles. The van der Waals surface area contributed by atoms with Gasteiger partial charge in [-0.25, -0.2) is 13.2 Å². The van der Waals surface area contributed by atoms with Gasteiger partial charge in [0.05, 0.1) is 32.1 Å². The normalized spacial score (nSPS) is 19.0. The summed E-state index contributed by atoms with van der Waals surface area (Å²) in [4.78, 5) is 24.9. The predicted octanol–water partition coefficient (Wildman–Crippen LogP) is 2.48. The molecule has 0 aliphatic carbocycles. The molecule has 0 bridgehead atoms. The molecule has 2 aromatic carbocycles. The van der Waals surface area contributed by atoms with Crippen molar-refractivity contribution >= 4 is 33.3 Å². The summed E-state index contributed by atoms with van der Waals surface area (Å²) < 4.78 is 41.3. The molecule has 4 rings (SSSR count). The molecule has 10 heteroatoms. The van der Waals surface area contributed by atoms with Crippen LogP contribution in [0.3, 0.4) is 0 Å². The summed E-state index contributed by atoms with van der Waals surface area (Å²) in [5, 5.41) is 2.75. The number of cyclic esters (lactones) is 1. The topological polar surface area (TPSA) is 111 Å². The summed E-state index contributed by atoms with van der Waals surface area (Å²) in [7, 11) is -0.353. The molecule has 1 unspecified atom stereocenters. The van der Waals surface area contributed by atoms with E-state index in [1.165, 1.54) is 18.5 Å². The first-order valence-electron chi connectivity index (χ1n) is 9.70. The molecule has 0 saturated carbocycles. The molecule has 2 aliphatic rings. The fourth-order valence-corrected chi connectivity index (χ4v) is 5.41. The molecule has 9 nitrogen and oxygen atoms in total. The van der Waals surface area contributed by atoms with Crippen molar-refractivity contribution in [3.05, 3.63) is 47.5 Å². The van der Waals surface area contributed by atoms with E-state index in [1.54, 1.807) is 36.4 Å². The molecule has 0 radical (unpaired) electrons. The van der Waals surface area contributed by atoms with Crippen LogP contribution in [0.5, 0.6) is 11.5 Å². The number of hydrogen-bond acceptors (Lipinski definition) is 7. The van der Waals surface area contributed by atoms with Crippen LogP contribution < -0.4 is 19.1 Å². The van der Waals surface area contributed by atoms with Crippen molar-refractivity contribution in [2.24, 2.45) is 0 Å². The Bertz CT molecular complexity index is 1130. The number of methoxy groups -OCH3 is 2. The number of fused-ring (bicyclic) bond motifs is 1. The lowest BCUT2D eigenvalue weighted by Gasteiger charge is -2.17. The molecular weight excluding hydrogens is 424 g/mol. The van der Waals surface area contributed by atoms with Gasteiger partial charge in [-0.2, -0.15) is 0 Å². The molecule has 1 saturated heterocycles. The SMILES string of the molecule is COc1ccc2c(c1OC)C(=O)OC2CC(=O)Nc1ccc(N2CCCS2(=O)=O)cc1. The lowest BCUT2D eigenvalue weighted by Crippen LogP contribution is -2.25. The molecule has 2 heterocycles. The van der Waals surface area contributed by atoms with E-state index in [9.17, 15) is 18.0 Å². The highest BCUT2D eigenvalue weighted by atomic mass is 32.2. The zero-order valence-corrected chi connectivity index (χ0v) is 17.9. The van der Waals surface area contributed by atoms with Crippen molar-refractivity contribution in [1.29, 1.82) is 0 Å². The average Bonchev–Trinajstić information content (AvgIpc) is 3.26. The Balaban J connectivity index is 1.45. The Morgan fingerprint density at radius 1 is 1.16 bits per heavy atom. The highest BCUT2D eigenvalue weighted by Gasteiger charge is 2.37. The van der Waals surface area contributed by atoms with Gasteiger partial charge in [0.15, 0.2) is 11.5 Å². The van der Waals surface area contributed by atoms with E-state index in [0.29, 0.717) is 35.7 Å². The van der Waals surface area contributed by atoms with Gasteiger partial charge in [-0.05, 0) is 36.8 Å². The molecule has 164 valence electrons. The number of carbonyl (C=O) groups excluding carboxylic acids is 2. The standard InChI is InChI=1S/C21H22N2O7S/c1-28-16-9-8-15-17(30-21(25)19(15)20(16)29-2)12-18(24)22-13-4-6-14(7-5-13)23-10-3-11-31(23,26)27/h4-9,17H,3,10-12H2,1-2H3,(H,22,24). The summed E-state index contributed by atoms with van der Waals surface area (Å²) in [6, 6.07) is 9.94. The van der Waals surface area contributed by atoms with Crippen LogP contribution in [0.4, 0.5) is 11.4 Å². The van der Waals surface area contributed by atoms with E-state index in [-0.39, 0.29) is 29.4 Å². The molecule has 2 aliphatic heterocycles. The molecule has 0 spiro atoms. The van der Waals surface area contributed by atoms with E-state index >= 15 is 0 Å². The summed E-state index contributed by atoms with van der Waals surface area (Å²) in [6.45, 7) is 0.453. The van der Waals surface area contributed by atoms with Gasteiger partial charge in [-0.1, -0.05) is 6.07 Å². The number of sulfonamides is 1. The van der Waals surface area contributed by atoms with Crippen molar-refractivity contribution in [3.63, 3.8) is 0 Å². The van der Waals surface area contributed by atoms with Crippen molar-refractivity contribution < 1.29 is 32.2 Å². The van der Waals surface area contributed by atoms with Crippen molar-refractivity contribution in [3.8, 4) is 11.5 Å². The summed E-state index contributed by atoms with van der Waals surface area (Å²) >= 11 is 0. The minimum atomic E-state index is -3.26. The number of carbonyl (C=O) groups is 2. The van der Waals surface area contributed by atoms with Crippen molar-refractivity contribution in [2.75, 3.05) is 36.1 Å². The van der Waals surface area contributed by atoms with Crippen LogP contribution in [-0.2, 0) is 19.6 Å². The lowest BCUT2D eigenvalue weighted by molar-refractivity contribution is -0.118. The second-order valence-electron chi connectivity index (χ2n) is 7.20. The summed E-state index contributed by atoms with van der Waals surface area (Å²) in [6.07, 6.45) is -0.216. The van der Waals surface area contributed by atoms with Crippen molar-refractivity contribution in [2.45, 2.75) is 18.9 Å².